The summed E-state index contributed by atoms with van der Waals surface area (Å²) in [6.07, 6.45) is 6.18. The van der Waals surface area contributed by atoms with Crippen LogP contribution in [0, 0.1) is 0 Å². The molecule has 0 unspecified atom stereocenters. The zero-order valence-corrected chi connectivity index (χ0v) is 13.2. The highest BCUT2D eigenvalue weighted by molar-refractivity contribution is 5.43. The maximum absolute atomic E-state index is 9.59. The van der Waals surface area contributed by atoms with Crippen LogP contribution in [-0.4, -0.2) is 11.7 Å². The standard InChI is InChI=1S/C20H24O2/c1-2-22-19-12-8-17(9-13-19)20(14-4-3-5-15-20)16-6-10-18(21)11-7-16/h6-13,21H,2-5,14-15H2,1H3. The van der Waals surface area contributed by atoms with E-state index in [4.69, 9.17) is 4.74 Å². The quantitative estimate of drug-likeness (QED) is 0.856. The Labute approximate surface area is 132 Å². The van der Waals surface area contributed by atoms with Gasteiger partial charge in [-0.15, -0.1) is 0 Å². The van der Waals surface area contributed by atoms with E-state index in [1.807, 2.05) is 6.92 Å². The molecule has 2 aromatic rings. The smallest absolute Gasteiger partial charge is 0.119 e. The highest BCUT2D eigenvalue weighted by Crippen LogP contribution is 2.45. The number of benzene rings is 2. The Balaban J connectivity index is 2.00. The molecule has 0 spiro atoms. The summed E-state index contributed by atoms with van der Waals surface area (Å²) in [7, 11) is 0. The van der Waals surface area contributed by atoms with Crippen LogP contribution in [0.1, 0.15) is 50.2 Å². The van der Waals surface area contributed by atoms with Gasteiger partial charge < -0.3 is 9.84 Å². The Morgan fingerprint density at radius 3 is 1.95 bits per heavy atom. The van der Waals surface area contributed by atoms with E-state index in [1.165, 1.54) is 43.2 Å². The van der Waals surface area contributed by atoms with Crippen molar-refractivity contribution in [3.63, 3.8) is 0 Å². The lowest BCUT2D eigenvalue weighted by molar-refractivity contribution is 0.335. The third kappa shape index (κ3) is 2.83. The lowest BCUT2D eigenvalue weighted by Gasteiger charge is -2.38. The summed E-state index contributed by atoms with van der Waals surface area (Å²) in [6, 6.07) is 16.4. The van der Waals surface area contributed by atoms with Crippen LogP contribution in [0.5, 0.6) is 11.5 Å². The molecule has 0 atom stereocenters. The zero-order valence-electron chi connectivity index (χ0n) is 13.2. The summed E-state index contributed by atoms with van der Waals surface area (Å²) in [6.45, 7) is 2.70. The molecule has 1 fully saturated rings. The van der Waals surface area contributed by atoms with Crippen LogP contribution in [0.2, 0.25) is 0 Å². The van der Waals surface area contributed by atoms with E-state index in [0.717, 1.165) is 5.75 Å². The summed E-state index contributed by atoms with van der Waals surface area (Å²) in [5.74, 6) is 1.27. The van der Waals surface area contributed by atoms with E-state index in [2.05, 4.69) is 36.4 Å². The van der Waals surface area contributed by atoms with Crippen LogP contribution in [0.15, 0.2) is 48.5 Å². The Kier molecular flexibility index (Phi) is 4.37. The van der Waals surface area contributed by atoms with E-state index < -0.39 is 0 Å². The number of aromatic hydroxyl groups is 1. The van der Waals surface area contributed by atoms with Gasteiger partial charge in [0.2, 0.25) is 0 Å². The second-order valence-corrected chi connectivity index (χ2v) is 6.15. The highest BCUT2D eigenvalue weighted by atomic mass is 16.5. The molecule has 1 aliphatic carbocycles. The van der Waals surface area contributed by atoms with Gasteiger partial charge in [-0.05, 0) is 55.2 Å². The molecule has 3 rings (SSSR count). The zero-order chi connectivity index (χ0) is 15.4. The minimum absolute atomic E-state index is 0.0801. The molecule has 1 saturated carbocycles. The van der Waals surface area contributed by atoms with Crippen molar-refractivity contribution in [2.75, 3.05) is 6.61 Å². The number of ether oxygens (including phenoxy) is 1. The van der Waals surface area contributed by atoms with Crippen molar-refractivity contribution < 1.29 is 9.84 Å². The maximum atomic E-state index is 9.59. The SMILES string of the molecule is CCOc1ccc(C2(c3ccc(O)cc3)CCCCC2)cc1. The third-order valence-corrected chi connectivity index (χ3v) is 4.84. The number of phenols is 1. The third-order valence-electron chi connectivity index (χ3n) is 4.84. The van der Waals surface area contributed by atoms with Crippen LogP contribution in [-0.2, 0) is 5.41 Å². The molecule has 0 saturated heterocycles. The monoisotopic (exact) mass is 296 g/mol. The summed E-state index contributed by atoms with van der Waals surface area (Å²) < 4.78 is 5.57. The molecule has 1 N–H and O–H groups in total. The van der Waals surface area contributed by atoms with Gasteiger partial charge in [-0.3, -0.25) is 0 Å². The average Bonchev–Trinajstić information content (AvgIpc) is 2.57. The van der Waals surface area contributed by atoms with E-state index in [1.54, 1.807) is 12.1 Å². The maximum Gasteiger partial charge on any atom is 0.119 e. The van der Waals surface area contributed by atoms with Crippen LogP contribution in [0.3, 0.4) is 0 Å². The van der Waals surface area contributed by atoms with Crippen LogP contribution >= 0.6 is 0 Å². The second kappa shape index (κ2) is 6.43. The van der Waals surface area contributed by atoms with Crippen LogP contribution in [0.4, 0.5) is 0 Å². The van der Waals surface area contributed by atoms with Gasteiger partial charge in [0.15, 0.2) is 0 Å². The average molecular weight is 296 g/mol. The first-order chi connectivity index (χ1) is 10.7. The predicted molar refractivity (Wildman–Crippen MR) is 89.6 cm³/mol. The Morgan fingerprint density at radius 2 is 1.41 bits per heavy atom. The molecule has 116 valence electrons. The van der Waals surface area contributed by atoms with E-state index >= 15 is 0 Å². The van der Waals surface area contributed by atoms with Gasteiger partial charge in [-0.2, -0.15) is 0 Å². The molecule has 0 radical (unpaired) electrons. The largest absolute Gasteiger partial charge is 0.508 e. The molecular formula is C20H24O2. The molecule has 1 aliphatic rings. The van der Waals surface area contributed by atoms with Gasteiger partial charge in [-0.1, -0.05) is 43.5 Å². The lowest BCUT2D eigenvalue weighted by atomic mass is 9.65. The van der Waals surface area contributed by atoms with Gasteiger partial charge in [0.25, 0.3) is 0 Å². The first kappa shape index (κ1) is 15.0. The minimum Gasteiger partial charge on any atom is -0.508 e. The lowest BCUT2D eigenvalue weighted by Crippen LogP contribution is -2.30. The van der Waals surface area contributed by atoms with Gasteiger partial charge in [-0.25, -0.2) is 0 Å². The molecular weight excluding hydrogens is 272 g/mol. The Bertz CT molecular complexity index is 593. The van der Waals surface area contributed by atoms with Crippen molar-refractivity contribution in [3.8, 4) is 11.5 Å². The van der Waals surface area contributed by atoms with Gasteiger partial charge in [0.1, 0.15) is 11.5 Å². The normalized spacial score (nSPS) is 17.1. The van der Waals surface area contributed by atoms with Gasteiger partial charge in [0.05, 0.1) is 6.61 Å². The molecule has 22 heavy (non-hydrogen) atoms. The minimum atomic E-state index is 0.0801. The van der Waals surface area contributed by atoms with Gasteiger partial charge >= 0.3 is 0 Å². The molecule has 2 nitrogen and oxygen atoms in total. The Hall–Kier alpha value is -1.96. The van der Waals surface area contributed by atoms with E-state index in [9.17, 15) is 5.11 Å². The summed E-state index contributed by atoms with van der Waals surface area (Å²) in [4.78, 5) is 0. The fourth-order valence-electron chi connectivity index (χ4n) is 3.72. The van der Waals surface area contributed by atoms with E-state index in [0.29, 0.717) is 12.4 Å². The first-order valence-corrected chi connectivity index (χ1v) is 8.27. The number of rotatable bonds is 4. The fraction of sp³-hybridized carbons (Fsp3) is 0.400. The topological polar surface area (TPSA) is 29.5 Å². The summed E-state index contributed by atoms with van der Waals surface area (Å²) in [5.41, 5.74) is 2.76. The summed E-state index contributed by atoms with van der Waals surface area (Å²) >= 11 is 0. The highest BCUT2D eigenvalue weighted by Gasteiger charge is 2.35. The van der Waals surface area contributed by atoms with Crippen molar-refractivity contribution in [2.45, 2.75) is 44.4 Å². The molecule has 0 amide bonds. The van der Waals surface area contributed by atoms with Crippen molar-refractivity contribution in [2.24, 2.45) is 0 Å². The second-order valence-electron chi connectivity index (χ2n) is 6.15. The number of hydrogen-bond donors (Lipinski definition) is 1. The number of hydrogen-bond acceptors (Lipinski definition) is 2. The van der Waals surface area contributed by atoms with E-state index in [-0.39, 0.29) is 5.41 Å². The van der Waals surface area contributed by atoms with Crippen molar-refractivity contribution in [1.82, 2.24) is 0 Å². The molecule has 0 heterocycles. The number of phenolic OH excluding ortho intramolecular Hbond substituents is 1. The molecule has 0 bridgehead atoms. The van der Waals surface area contributed by atoms with Crippen molar-refractivity contribution >= 4 is 0 Å². The van der Waals surface area contributed by atoms with Crippen molar-refractivity contribution in [3.05, 3.63) is 59.7 Å². The Morgan fingerprint density at radius 1 is 0.864 bits per heavy atom. The molecule has 2 heteroatoms. The van der Waals surface area contributed by atoms with Gasteiger partial charge in [0, 0.05) is 5.41 Å². The molecule has 0 aromatic heterocycles. The predicted octanol–water partition coefficient (Wildman–Crippen LogP) is 5.04. The molecule has 0 aliphatic heterocycles. The fourth-order valence-corrected chi connectivity index (χ4v) is 3.72. The van der Waals surface area contributed by atoms with Crippen LogP contribution < -0.4 is 4.74 Å². The van der Waals surface area contributed by atoms with Crippen LogP contribution in [0.25, 0.3) is 0 Å². The molecule has 2 aromatic carbocycles. The summed E-state index contributed by atoms with van der Waals surface area (Å²) in [5, 5.41) is 9.59. The van der Waals surface area contributed by atoms with Crippen molar-refractivity contribution in [1.29, 1.82) is 0 Å². The first-order valence-electron chi connectivity index (χ1n) is 8.27.